The van der Waals surface area contributed by atoms with Gasteiger partial charge in [0.05, 0.1) is 13.3 Å². The highest BCUT2D eigenvalue weighted by Crippen LogP contribution is 2.31. The molecule has 2 aromatic carbocycles. The third-order valence-corrected chi connectivity index (χ3v) is 4.65. The van der Waals surface area contributed by atoms with Crippen molar-refractivity contribution in [2.24, 2.45) is 5.10 Å². The fourth-order valence-electron chi connectivity index (χ4n) is 2.28. The van der Waals surface area contributed by atoms with Crippen LogP contribution in [0, 0.1) is 4.77 Å². The van der Waals surface area contributed by atoms with Gasteiger partial charge in [0, 0.05) is 15.6 Å². The van der Waals surface area contributed by atoms with Crippen LogP contribution in [0.5, 0.6) is 11.5 Å². The van der Waals surface area contributed by atoms with E-state index < -0.39 is 5.56 Å². The number of benzene rings is 2. The molecule has 1 heterocycles. The molecule has 0 radical (unpaired) electrons. The molecule has 10 heteroatoms. The number of nitrogens with one attached hydrogen (secondary N) is 1. The molecule has 28 heavy (non-hydrogen) atoms. The van der Waals surface area contributed by atoms with E-state index in [1.807, 2.05) is 0 Å². The fraction of sp³-hybridized carbons (Fsp3) is 0.111. The molecule has 0 aliphatic carbocycles. The highest BCUT2D eigenvalue weighted by molar-refractivity contribution is 7.71. The Balaban J connectivity index is 1.82. The minimum Gasteiger partial charge on any atom is -0.493 e. The lowest BCUT2D eigenvalue weighted by Gasteiger charge is -2.13. The smallest absolute Gasteiger partial charge is 0.293 e. The summed E-state index contributed by atoms with van der Waals surface area (Å²) in [5.74, 6) is 0.994. The first kappa shape index (κ1) is 20.1. The second-order valence-electron chi connectivity index (χ2n) is 5.47. The number of rotatable bonds is 6. The van der Waals surface area contributed by atoms with Crippen molar-refractivity contribution in [2.45, 2.75) is 6.61 Å². The van der Waals surface area contributed by atoms with Crippen molar-refractivity contribution in [1.82, 2.24) is 14.9 Å². The van der Waals surface area contributed by atoms with E-state index >= 15 is 0 Å². The second-order valence-corrected chi connectivity index (χ2v) is 6.67. The SMILES string of the molecule is COc1cc(/C=N\n2c(=O)cn[nH]c2=S)ccc1OCc1c(Cl)cccc1Cl. The van der Waals surface area contributed by atoms with Gasteiger partial charge < -0.3 is 9.47 Å². The molecule has 0 spiro atoms. The monoisotopic (exact) mass is 436 g/mol. The maximum absolute atomic E-state index is 11.7. The molecule has 0 fully saturated rings. The van der Waals surface area contributed by atoms with Crippen molar-refractivity contribution < 1.29 is 9.47 Å². The molecule has 0 saturated carbocycles. The van der Waals surface area contributed by atoms with Crippen LogP contribution in [0.4, 0.5) is 0 Å². The van der Waals surface area contributed by atoms with E-state index in [9.17, 15) is 4.79 Å². The van der Waals surface area contributed by atoms with Gasteiger partial charge in [0.2, 0.25) is 4.77 Å². The van der Waals surface area contributed by atoms with Crippen LogP contribution in [-0.2, 0) is 6.61 Å². The first-order valence-corrected chi connectivity index (χ1v) is 9.11. The van der Waals surface area contributed by atoms with E-state index in [0.29, 0.717) is 32.7 Å². The summed E-state index contributed by atoms with van der Waals surface area (Å²) >= 11 is 17.3. The topological polar surface area (TPSA) is 81.5 Å². The van der Waals surface area contributed by atoms with Gasteiger partial charge in [0.1, 0.15) is 12.8 Å². The largest absolute Gasteiger partial charge is 0.493 e. The summed E-state index contributed by atoms with van der Waals surface area (Å²) in [6.07, 6.45) is 2.56. The Hall–Kier alpha value is -2.68. The average Bonchev–Trinajstić information content (AvgIpc) is 2.67. The molecule has 7 nitrogen and oxygen atoms in total. The first-order valence-electron chi connectivity index (χ1n) is 7.94. The van der Waals surface area contributed by atoms with E-state index in [1.54, 1.807) is 36.4 Å². The zero-order valence-corrected chi connectivity index (χ0v) is 16.9. The normalized spacial score (nSPS) is 11.0. The first-order chi connectivity index (χ1) is 13.5. The molecule has 0 saturated heterocycles. The lowest BCUT2D eigenvalue weighted by molar-refractivity contribution is 0.284. The summed E-state index contributed by atoms with van der Waals surface area (Å²) in [5.41, 5.74) is 0.923. The molecule has 0 aliphatic heterocycles. The summed E-state index contributed by atoms with van der Waals surface area (Å²) in [7, 11) is 1.52. The number of hydrogen-bond acceptors (Lipinski definition) is 6. The lowest BCUT2D eigenvalue weighted by Crippen LogP contribution is -2.18. The van der Waals surface area contributed by atoms with Crippen LogP contribution in [0.1, 0.15) is 11.1 Å². The van der Waals surface area contributed by atoms with Crippen molar-refractivity contribution in [3.05, 3.63) is 78.9 Å². The van der Waals surface area contributed by atoms with Gasteiger partial charge in [-0.15, -0.1) is 0 Å². The van der Waals surface area contributed by atoms with Gasteiger partial charge in [0.15, 0.2) is 11.5 Å². The van der Waals surface area contributed by atoms with Crippen LogP contribution in [0.15, 0.2) is 52.5 Å². The van der Waals surface area contributed by atoms with E-state index in [1.165, 1.54) is 13.3 Å². The number of nitrogens with zero attached hydrogens (tertiary/aromatic N) is 3. The molecule has 0 amide bonds. The number of aromatic nitrogens is 3. The second kappa shape index (κ2) is 9.01. The summed E-state index contributed by atoms with van der Waals surface area (Å²) in [6.45, 7) is 0.184. The summed E-state index contributed by atoms with van der Waals surface area (Å²) in [4.78, 5) is 11.7. The number of hydrogen-bond donors (Lipinski definition) is 1. The van der Waals surface area contributed by atoms with Gasteiger partial charge in [-0.05, 0) is 48.1 Å². The molecule has 3 rings (SSSR count). The van der Waals surface area contributed by atoms with Gasteiger partial charge >= 0.3 is 0 Å². The minimum absolute atomic E-state index is 0.0901. The average molecular weight is 437 g/mol. The van der Waals surface area contributed by atoms with Crippen molar-refractivity contribution in [3.8, 4) is 11.5 Å². The molecule has 1 aromatic heterocycles. The molecule has 0 unspecified atom stereocenters. The summed E-state index contributed by atoms with van der Waals surface area (Å²) in [6, 6.07) is 10.5. The molecule has 1 N–H and O–H groups in total. The van der Waals surface area contributed by atoms with Crippen molar-refractivity contribution in [2.75, 3.05) is 7.11 Å². The van der Waals surface area contributed by atoms with Crippen molar-refractivity contribution in [1.29, 1.82) is 0 Å². The Labute approximate surface area is 175 Å². The molecule has 0 aliphatic rings. The van der Waals surface area contributed by atoms with Crippen molar-refractivity contribution in [3.63, 3.8) is 0 Å². The van der Waals surface area contributed by atoms with Crippen LogP contribution < -0.4 is 15.0 Å². The predicted octanol–water partition coefficient (Wildman–Crippen LogP) is 4.08. The third-order valence-electron chi connectivity index (χ3n) is 3.68. The number of methoxy groups -OCH3 is 1. The summed E-state index contributed by atoms with van der Waals surface area (Å²) < 4.78 is 12.3. The predicted molar refractivity (Wildman–Crippen MR) is 110 cm³/mol. The zero-order valence-electron chi connectivity index (χ0n) is 14.6. The van der Waals surface area contributed by atoms with Crippen LogP contribution in [-0.4, -0.2) is 28.2 Å². The molecular weight excluding hydrogens is 423 g/mol. The standard InChI is InChI=1S/C18H14Cl2N4O3S/c1-26-16-7-11(8-22-24-17(25)9-21-23-18(24)28)5-6-15(16)27-10-12-13(19)3-2-4-14(12)20/h2-9H,10H2,1H3,(H,23,28)/b22-8-. The van der Waals surface area contributed by atoms with Crippen molar-refractivity contribution >= 4 is 41.6 Å². The van der Waals surface area contributed by atoms with Crippen LogP contribution in [0.2, 0.25) is 10.0 Å². The van der Waals surface area contributed by atoms with E-state index in [4.69, 9.17) is 44.9 Å². The van der Waals surface area contributed by atoms with Crippen LogP contribution in [0.25, 0.3) is 0 Å². The maximum Gasteiger partial charge on any atom is 0.293 e. The quantitative estimate of drug-likeness (QED) is 0.464. The zero-order chi connectivity index (χ0) is 20.1. The Kier molecular flexibility index (Phi) is 6.45. The third kappa shape index (κ3) is 4.59. The van der Waals surface area contributed by atoms with Gasteiger partial charge in [0.25, 0.3) is 5.56 Å². The van der Waals surface area contributed by atoms with E-state index in [-0.39, 0.29) is 11.4 Å². The Morgan fingerprint density at radius 1 is 1.25 bits per heavy atom. The van der Waals surface area contributed by atoms with Crippen LogP contribution >= 0.6 is 35.4 Å². The van der Waals surface area contributed by atoms with Gasteiger partial charge in [-0.3, -0.25) is 9.89 Å². The molecule has 144 valence electrons. The highest BCUT2D eigenvalue weighted by Gasteiger charge is 2.10. The highest BCUT2D eigenvalue weighted by atomic mass is 35.5. The van der Waals surface area contributed by atoms with Crippen LogP contribution in [0.3, 0.4) is 0 Å². The Morgan fingerprint density at radius 3 is 2.68 bits per heavy atom. The number of aromatic amines is 1. The Bertz CT molecular complexity index is 1100. The minimum atomic E-state index is -0.441. The molecule has 0 atom stereocenters. The maximum atomic E-state index is 11.7. The molecular formula is C18H14Cl2N4O3S. The number of halogens is 2. The van der Waals surface area contributed by atoms with E-state index in [0.717, 1.165) is 10.9 Å². The fourth-order valence-corrected chi connectivity index (χ4v) is 2.98. The molecule has 3 aromatic rings. The summed E-state index contributed by atoms with van der Waals surface area (Å²) in [5, 5.41) is 11.2. The van der Waals surface area contributed by atoms with Gasteiger partial charge in [-0.1, -0.05) is 29.3 Å². The van der Waals surface area contributed by atoms with Gasteiger partial charge in [-0.25, -0.2) is 0 Å². The number of H-pyrrole nitrogens is 1. The lowest BCUT2D eigenvalue weighted by atomic mass is 10.2. The van der Waals surface area contributed by atoms with E-state index in [2.05, 4.69) is 15.3 Å². The van der Waals surface area contributed by atoms with Gasteiger partial charge in [-0.2, -0.15) is 14.9 Å². The Morgan fingerprint density at radius 2 is 2.00 bits per heavy atom. The number of ether oxygens (including phenoxy) is 2. The molecule has 0 bridgehead atoms.